The Hall–Kier alpha value is -2.58. The van der Waals surface area contributed by atoms with Gasteiger partial charge >= 0.3 is 5.97 Å². The van der Waals surface area contributed by atoms with Crippen LogP contribution in [0.5, 0.6) is 0 Å². The van der Waals surface area contributed by atoms with Gasteiger partial charge < -0.3 is 43.4 Å². The number of carboxylic acid groups (broad SMARTS) is 1. The summed E-state index contributed by atoms with van der Waals surface area (Å²) in [5.41, 5.74) is 16.4. The van der Waals surface area contributed by atoms with Crippen LogP contribution in [0.3, 0.4) is 0 Å². The first-order valence-electron chi connectivity index (χ1n) is 11.0. The molecule has 0 spiro atoms. The quantitative estimate of drug-likeness (QED) is 0.0597. The maximum atomic E-state index is 13.0. The van der Waals surface area contributed by atoms with E-state index >= 15 is 0 Å². The number of amides is 3. The summed E-state index contributed by atoms with van der Waals surface area (Å²) in [7, 11) is 0. The Kier molecular flexibility index (Phi) is 15.7. The number of carbonyl (C=O) groups is 4. The van der Waals surface area contributed by atoms with Gasteiger partial charge in [-0.2, -0.15) is 11.8 Å². The molecule has 0 saturated carbocycles. The molecule has 0 rings (SSSR count). The Morgan fingerprint density at radius 3 is 2.00 bits per heavy atom. The van der Waals surface area contributed by atoms with E-state index in [4.69, 9.17) is 27.4 Å². The van der Waals surface area contributed by atoms with Gasteiger partial charge in [0.15, 0.2) is 5.96 Å². The molecule has 3 amide bonds. The van der Waals surface area contributed by atoms with Crippen molar-refractivity contribution < 1.29 is 29.4 Å². The average Bonchev–Trinajstić information content (AvgIpc) is 2.75. The normalized spacial score (nSPS) is 14.4. The largest absolute Gasteiger partial charge is 0.480 e. The Bertz CT molecular complexity index is 703. The zero-order valence-electron chi connectivity index (χ0n) is 20.0. The molecule has 0 radical (unpaired) electrons. The molecule has 0 bridgehead atoms. The summed E-state index contributed by atoms with van der Waals surface area (Å²) >= 11 is 1.48. The fourth-order valence-corrected chi connectivity index (χ4v) is 3.34. The summed E-state index contributed by atoms with van der Waals surface area (Å²) < 4.78 is 0. The molecule has 4 atom stereocenters. The van der Waals surface area contributed by atoms with E-state index < -0.39 is 54.5 Å². The van der Waals surface area contributed by atoms with Gasteiger partial charge in [0.1, 0.15) is 18.1 Å². The molecule has 14 heteroatoms. The molecule has 4 unspecified atom stereocenters. The molecule has 0 aliphatic carbocycles. The molecular weight excluding hydrogens is 466 g/mol. The number of hydrogen-bond donors (Lipinski definition) is 8. The topological polar surface area (TPSA) is 235 Å². The number of nitrogens with zero attached hydrogens (tertiary/aromatic N) is 1. The van der Waals surface area contributed by atoms with Crippen molar-refractivity contribution in [3.05, 3.63) is 0 Å². The van der Waals surface area contributed by atoms with Gasteiger partial charge in [0.05, 0.1) is 12.6 Å². The second-order valence-electron chi connectivity index (χ2n) is 8.17. The summed E-state index contributed by atoms with van der Waals surface area (Å²) in [4.78, 5) is 53.0. The van der Waals surface area contributed by atoms with Gasteiger partial charge in [-0.3, -0.25) is 19.4 Å². The third-order valence-corrected chi connectivity index (χ3v) is 5.33. The summed E-state index contributed by atoms with van der Waals surface area (Å²) in [6.45, 7) is 3.19. The molecule has 0 aromatic heterocycles. The Labute approximate surface area is 204 Å². The maximum absolute atomic E-state index is 13.0. The molecule has 0 aliphatic rings. The summed E-state index contributed by atoms with van der Waals surface area (Å²) in [5, 5.41) is 25.7. The van der Waals surface area contributed by atoms with Crippen molar-refractivity contribution in [1.82, 2.24) is 16.0 Å². The molecular formula is C20H39N7O6S. The number of aliphatic hydroxyl groups excluding tert-OH is 1. The van der Waals surface area contributed by atoms with Gasteiger partial charge in [-0.25, -0.2) is 4.79 Å². The SMILES string of the molecule is CSCCC(NC(=O)C(N)CCCN=C(N)N)C(=O)NC(CC(C)C)C(=O)NC(CO)C(=O)O. The zero-order chi connectivity index (χ0) is 26.3. The number of nitrogens with two attached hydrogens (primary N) is 3. The van der Waals surface area contributed by atoms with Crippen LogP contribution in [0, 0.1) is 5.92 Å². The van der Waals surface area contributed by atoms with Crippen molar-refractivity contribution in [3.63, 3.8) is 0 Å². The molecule has 11 N–H and O–H groups in total. The van der Waals surface area contributed by atoms with Crippen LogP contribution in [0.1, 0.15) is 39.5 Å². The lowest BCUT2D eigenvalue weighted by Crippen LogP contribution is -2.57. The van der Waals surface area contributed by atoms with E-state index in [1.807, 2.05) is 20.1 Å². The molecule has 0 saturated heterocycles. The monoisotopic (exact) mass is 505 g/mol. The standard InChI is InChI=1S/C20H39N7O6S/c1-11(2)9-14(18(31)27-15(10-28)19(32)33)26-17(30)13(6-8-34-3)25-16(29)12(21)5-4-7-24-20(22)23/h11-15,28H,4-10,21H2,1-3H3,(H,25,29)(H,26,30)(H,27,31)(H,32,33)(H4,22,23,24). The Morgan fingerprint density at radius 1 is 0.941 bits per heavy atom. The number of aliphatic imine (C=N–C) groups is 1. The predicted octanol–water partition coefficient (Wildman–Crippen LogP) is -2.30. The van der Waals surface area contributed by atoms with Gasteiger partial charge in [0.25, 0.3) is 0 Å². The molecule has 0 heterocycles. The predicted molar refractivity (Wildman–Crippen MR) is 131 cm³/mol. The van der Waals surface area contributed by atoms with Crippen LogP contribution in [-0.4, -0.2) is 89.2 Å². The van der Waals surface area contributed by atoms with Crippen molar-refractivity contribution in [1.29, 1.82) is 0 Å². The summed E-state index contributed by atoms with van der Waals surface area (Å²) in [5.74, 6) is -2.76. The van der Waals surface area contributed by atoms with Crippen molar-refractivity contribution in [2.45, 2.75) is 63.7 Å². The van der Waals surface area contributed by atoms with Crippen LogP contribution in [0.2, 0.25) is 0 Å². The van der Waals surface area contributed by atoms with Crippen molar-refractivity contribution in [2.75, 3.05) is 25.2 Å². The molecule has 13 nitrogen and oxygen atoms in total. The van der Waals surface area contributed by atoms with Crippen LogP contribution in [0.25, 0.3) is 0 Å². The third-order valence-electron chi connectivity index (χ3n) is 4.69. The lowest BCUT2D eigenvalue weighted by atomic mass is 10.0. The smallest absolute Gasteiger partial charge is 0.328 e. The van der Waals surface area contributed by atoms with Crippen LogP contribution in [-0.2, 0) is 19.2 Å². The van der Waals surface area contributed by atoms with E-state index in [2.05, 4.69) is 20.9 Å². The van der Waals surface area contributed by atoms with E-state index in [0.717, 1.165) is 0 Å². The highest BCUT2D eigenvalue weighted by Gasteiger charge is 2.30. The van der Waals surface area contributed by atoms with E-state index in [-0.39, 0.29) is 18.3 Å². The summed E-state index contributed by atoms with van der Waals surface area (Å²) in [6.07, 6.45) is 3.14. The van der Waals surface area contributed by atoms with Gasteiger partial charge in [0, 0.05) is 6.54 Å². The fraction of sp³-hybridized carbons (Fsp3) is 0.750. The first-order chi connectivity index (χ1) is 15.9. The van der Waals surface area contributed by atoms with Crippen LogP contribution < -0.4 is 33.2 Å². The van der Waals surface area contributed by atoms with E-state index in [9.17, 15) is 19.2 Å². The first-order valence-corrected chi connectivity index (χ1v) is 12.4. The molecule has 34 heavy (non-hydrogen) atoms. The number of carboxylic acids is 1. The number of hydrogen-bond acceptors (Lipinski definition) is 8. The van der Waals surface area contributed by atoms with Crippen LogP contribution in [0.15, 0.2) is 4.99 Å². The molecule has 196 valence electrons. The lowest BCUT2D eigenvalue weighted by molar-refractivity contribution is -0.143. The number of rotatable bonds is 17. The minimum absolute atomic E-state index is 0.00803. The van der Waals surface area contributed by atoms with Crippen molar-refractivity contribution in [3.8, 4) is 0 Å². The number of aliphatic carboxylic acids is 1. The molecule has 0 aliphatic heterocycles. The Morgan fingerprint density at radius 2 is 1.50 bits per heavy atom. The molecule has 0 aromatic carbocycles. The fourth-order valence-electron chi connectivity index (χ4n) is 2.87. The maximum Gasteiger partial charge on any atom is 0.328 e. The average molecular weight is 506 g/mol. The van der Waals surface area contributed by atoms with Gasteiger partial charge in [0.2, 0.25) is 17.7 Å². The Balaban J connectivity index is 5.27. The zero-order valence-corrected chi connectivity index (χ0v) is 20.8. The second-order valence-corrected chi connectivity index (χ2v) is 9.16. The number of guanidine groups is 1. The number of nitrogens with one attached hydrogen (secondary N) is 3. The van der Waals surface area contributed by atoms with Crippen LogP contribution >= 0.6 is 11.8 Å². The third kappa shape index (κ3) is 13.2. The van der Waals surface area contributed by atoms with Crippen molar-refractivity contribution >= 4 is 41.4 Å². The minimum atomic E-state index is -1.50. The minimum Gasteiger partial charge on any atom is -0.480 e. The van der Waals surface area contributed by atoms with Gasteiger partial charge in [-0.1, -0.05) is 13.8 Å². The van der Waals surface area contributed by atoms with E-state index in [1.165, 1.54) is 11.8 Å². The number of carbonyl (C=O) groups excluding carboxylic acids is 3. The second kappa shape index (κ2) is 16.9. The first kappa shape index (κ1) is 31.4. The number of thioether (sulfide) groups is 1. The lowest BCUT2D eigenvalue weighted by Gasteiger charge is -2.25. The van der Waals surface area contributed by atoms with Gasteiger partial charge in [-0.15, -0.1) is 0 Å². The highest BCUT2D eigenvalue weighted by molar-refractivity contribution is 7.98. The highest BCUT2D eigenvalue weighted by atomic mass is 32.2. The van der Waals surface area contributed by atoms with Crippen LogP contribution in [0.4, 0.5) is 0 Å². The number of aliphatic hydroxyl groups is 1. The van der Waals surface area contributed by atoms with E-state index in [1.54, 1.807) is 0 Å². The van der Waals surface area contributed by atoms with Gasteiger partial charge in [-0.05, 0) is 43.6 Å². The van der Waals surface area contributed by atoms with Crippen molar-refractivity contribution in [2.24, 2.45) is 28.1 Å². The molecule has 0 aromatic rings. The summed E-state index contributed by atoms with van der Waals surface area (Å²) in [6, 6.07) is -4.38. The highest BCUT2D eigenvalue weighted by Crippen LogP contribution is 2.08. The molecule has 0 fully saturated rings. The van der Waals surface area contributed by atoms with E-state index in [0.29, 0.717) is 31.6 Å².